The van der Waals surface area contributed by atoms with E-state index >= 15 is 0 Å². The van der Waals surface area contributed by atoms with E-state index in [4.69, 9.17) is 17.2 Å². The van der Waals surface area contributed by atoms with E-state index in [1.807, 2.05) is 87.7 Å². The third-order valence-electron chi connectivity index (χ3n) is 5.39. The zero-order valence-electron chi connectivity index (χ0n) is 19.2. The largest absolute Gasteiger partial charge is 0.298 e. The van der Waals surface area contributed by atoms with E-state index in [0.717, 1.165) is 16.8 Å². The molecule has 0 bridgehead atoms. The first-order valence-electron chi connectivity index (χ1n) is 10.6. The van der Waals surface area contributed by atoms with Crippen LogP contribution < -0.4 is 5.56 Å². The fraction of sp³-hybridized carbons (Fsp3) is 0.280. The van der Waals surface area contributed by atoms with Crippen LogP contribution in [0.25, 0.3) is 21.7 Å². The molecule has 0 aliphatic rings. The number of nitrogens with zero attached hydrogens (tertiary/aromatic N) is 3. The van der Waals surface area contributed by atoms with E-state index in [0.29, 0.717) is 25.1 Å². The third kappa shape index (κ3) is 4.60. The Labute approximate surface area is 206 Å². The first-order chi connectivity index (χ1) is 15.6. The molecule has 0 saturated carbocycles. The van der Waals surface area contributed by atoms with Gasteiger partial charge in [-0.05, 0) is 49.8 Å². The van der Waals surface area contributed by atoms with E-state index < -0.39 is 5.41 Å². The predicted octanol–water partition coefficient (Wildman–Crippen LogP) is 6.29. The van der Waals surface area contributed by atoms with E-state index in [-0.39, 0.29) is 17.1 Å². The van der Waals surface area contributed by atoms with Crippen LogP contribution in [0.5, 0.6) is 0 Å². The number of thiazole rings is 1. The highest BCUT2D eigenvalue weighted by atomic mass is 32.2. The molecule has 33 heavy (non-hydrogen) atoms. The second kappa shape index (κ2) is 9.00. The fourth-order valence-corrected chi connectivity index (χ4v) is 5.78. The maximum atomic E-state index is 13.7. The summed E-state index contributed by atoms with van der Waals surface area (Å²) in [7, 11) is 0. The van der Waals surface area contributed by atoms with Gasteiger partial charge in [0.25, 0.3) is 5.56 Å². The molecule has 0 aliphatic heterocycles. The van der Waals surface area contributed by atoms with Crippen LogP contribution in [0.2, 0.25) is 0 Å². The number of rotatable bonds is 5. The highest BCUT2D eigenvalue weighted by molar-refractivity contribution is 7.99. The van der Waals surface area contributed by atoms with Gasteiger partial charge in [0.05, 0.1) is 17.1 Å². The molecule has 170 valence electrons. The summed E-state index contributed by atoms with van der Waals surface area (Å²) in [5.74, 6) is 0.320. The van der Waals surface area contributed by atoms with Gasteiger partial charge in [-0.3, -0.25) is 18.7 Å². The summed E-state index contributed by atoms with van der Waals surface area (Å²) in [5.41, 5.74) is 3.62. The van der Waals surface area contributed by atoms with Crippen LogP contribution in [0.15, 0.2) is 58.5 Å². The summed E-state index contributed by atoms with van der Waals surface area (Å²) in [6.45, 7) is 9.70. The lowest BCUT2D eigenvalue weighted by Gasteiger charge is -2.17. The number of thioether (sulfide) groups is 1. The SMILES string of the molecule is Cc1ccc(-n2c(SCC(=O)C(C)(C)C)nc3c(sc(=S)n3-c3ccccc3C)c2=O)cc1. The number of fused-ring (bicyclic) bond motifs is 1. The number of hydrogen-bond acceptors (Lipinski definition) is 6. The summed E-state index contributed by atoms with van der Waals surface area (Å²) < 4.78 is 4.51. The lowest BCUT2D eigenvalue weighted by atomic mass is 9.92. The van der Waals surface area contributed by atoms with Gasteiger partial charge < -0.3 is 0 Å². The molecule has 5 nitrogen and oxygen atoms in total. The molecule has 4 rings (SSSR count). The molecule has 0 atom stereocenters. The van der Waals surface area contributed by atoms with Crippen LogP contribution >= 0.6 is 35.3 Å². The van der Waals surface area contributed by atoms with Crippen LogP contribution in [-0.2, 0) is 4.79 Å². The minimum absolute atomic E-state index is 0.0957. The number of ketones is 1. The van der Waals surface area contributed by atoms with Gasteiger partial charge in [0.15, 0.2) is 14.8 Å². The Balaban J connectivity index is 1.98. The van der Waals surface area contributed by atoms with E-state index in [1.54, 1.807) is 4.57 Å². The Kier molecular flexibility index (Phi) is 6.44. The Hall–Kier alpha value is -2.55. The summed E-state index contributed by atoms with van der Waals surface area (Å²) in [5, 5.41) is 0.476. The smallest absolute Gasteiger partial charge is 0.278 e. The monoisotopic (exact) mass is 495 g/mol. The maximum absolute atomic E-state index is 13.7. The molecule has 0 fully saturated rings. The molecular formula is C25H25N3O2S3. The number of carbonyl (C=O) groups excluding carboxylic acids is 1. The minimum atomic E-state index is -0.469. The number of carbonyl (C=O) groups is 1. The topological polar surface area (TPSA) is 56.9 Å². The van der Waals surface area contributed by atoms with Crippen LogP contribution in [0.4, 0.5) is 0 Å². The van der Waals surface area contributed by atoms with Crippen molar-refractivity contribution in [2.24, 2.45) is 5.41 Å². The molecule has 4 aromatic rings. The fourth-order valence-electron chi connectivity index (χ4n) is 3.33. The Bertz CT molecular complexity index is 1470. The molecule has 0 spiro atoms. The van der Waals surface area contributed by atoms with Crippen molar-refractivity contribution in [1.82, 2.24) is 14.1 Å². The van der Waals surface area contributed by atoms with Crippen LogP contribution in [-0.4, -0.2) is 25.7 Å². The zero-order valence-corrected chi connectivity index (χ0v) is 21.7. The average molecular weight is 496 g/mol. The lowest BCUT2D eigenvalue weighted by molar-refractivity contribution is -0.123. The van der Waals surface area contributed by atoms with Gasteiger partial charge in [-0.15, -0.1) is 0 Å². The number of benzene rings is 2. The Morgan fingerprint density at radius 2 is 1.73 bits per heavy atom. The van der Waals surface area contributed by atoms with Crippen molar-refractivity contribution < 1.29 is 4.79 Å². The third-order valence-corrected chi connectivity index (χ3v) is 7.68. The molecule has 8 heteroatoms. The summed E-state index contributed by atoms with van der Waals surface area (Å²) in [6.07, 6.45) is 0. The molecule has 0 amide bonds. The number of hydrogen-bond donors (Lipinski definition) is 0. The summed E-state index contributed by atoms with van der Waals surface area (Å²) >= 11 is 8.21. The number of aromatic nitrogens is 3. The standard InChI is InChI=1S/C25H25N3O2S3/c1-15-10-12-17(13-11-15)27-22(30)20-21(26-23(27)32-14-19(29)25(3,4)5)28(24(31)33-20)18-9-7-6-8-16(18)2/h6-13H,14H2,1-5H3. The maximum Gasteiger partial charge on any atom is 0.278 e. The van der Waals surface area contributed by atoms with Crippen molar-refractivity contribution in [3.8, 4) is 11.4 Å². The van der Waals surface area contributed by atoms with Crippen molar-refractivity contribution in [3.05, 3.63) is 74.0 Å². The van der Waals surface area contributed by atoms with Crippen LogP contribution in [0.1, 0.15) is 31.9 Å². The normalized spacial score (nSPS) is 11.8. The Morgan fingerprint density at radius 3 is 2.36 bits per heavy atom. The second-order valence-corrected chi connectivity index (χ2v) is 11.6. The first kappa shape index (κ1) is 23.6. The molecule has 0 aliphatic carbocycles. The van der Waals surface area contributed by atoms with Gasteiger partial charge in [-0.25, -0.2) is 4.98 Å². The van der Waals surface area contributed by atoms with Gasteiger partial charge >= 0.3 is 0 Å². The predicted molar refractivity (Wildman–Crippen MR) is 140 cm³/mol. The first-order valence-corrected chi connectivity index (χ1v) is 12.8. The van der Waals surface area contributed by atoms with Crippen molar-refractivity contribution in [3.63, 3.8) is 0 Å². The molecule has 2 aromatic carbocycles. The van der Waals surface area contributed by atoms with Crippen LogP contribution in [0.3, 0.4) is 0 Å². The number of para-hydroxylation sites is 1. The molecule has 0 saturated heterocycles. The molecule has 2 aromatic heterocycles. The molecular weight excluding hydrogens is 470 g/mol. The quantitative estimate of drug-likeness (QED) is 0.185. The average Bonchev–Trinajstić information content (AvgIpc) is 3.09. The number of aryl methyl sites for hydroxylation is 2. The van der Waals surface area contributed by atoms with Crippen molar-refractivity contribution >= 4 is 51.4 Å². The van der Waals surface area contributed by atoms with E-state index in [1.165, 1.54) is 23.1 Å². The van der Waals surface area contributed by atoms with Crippen molar-refractivity contribution in [1.29, 1.82) is 0 Å². The van der Waals surface area contributed by atoms with Crippen molar-refractivity contribution in [2.75, 3.05) is 5.75 Å². The summed E-state index contributed by atoms with van der Waals surface area (Å²) in [6, 6.07) is 15.6. The van der Waals surface area contributed by atoms with Gasteiger partial charge in [-0.2, -0.15) is 0 Å². The number of Topliss-reactive ketones (excluding diaryl/α,β-unsaturated/α-hetero) is 1. The van der Waals surface area contributed by atoms with E-state index in [2.05, 4.69) is 0 Å². The second-order valence-electron chi connectivity index (χ2n) is 8.97. The van der Waals surface area contributed by atoms with Gasteiger partial charge in [0, 0.05) is 5.41 Å². The van der Waals surface area contributed by atoms with Crippen molar-refractivity contribution in [2.45, 2.75) is 39.8 Å². The zero-order chi connectivity index (χ0) is 23.9. The minimum Gasteiger partial charge on any atom is -0.298 e. The molecule has 0 N–H and O–H groups in total. The lowest BCUT2D eigenvalue weighted by Crippen LogP contribution is -2.24. The molecule has 0 unspecified atom stereocenters. The Morgan fingerprint density at radius 1 is 1.06 bits per heavy atom. The van der Waals surface area contributed by atoms with Gasteiger partial charge in [-0.1, -0.05) is 79.8 Å². The molecule has 2 heterocycles. The van der Waals surface area contributed by atoms with Crippen LogP contribution in [0, 0.1) is 23.2 Å². The summed E-state index contributed by atoms with van der Waals surface area (Å²) in [4.78, 5) is 31.3. The van der Waals surface area contributed by atoms with Gasteiger partial charge in [0.2, 0.25) is 0 Å². The van der Waals surface area contributed by atoms with E-state index in [9.17, 15) is 9.59 Å². The molecule has 0 radical (unpaired) electrons. The highest BCUT2D eigenvalue weighted by Gasteiger charge is 2.24. The van der Waals surface area contributed by atoms with Gasteiger partial charge in [0.1, 0.15) is 10.5 Å². The highest BCUT2D eigenvalue weighted by Crippen LogP contribution is 2.29.